The van der Waals surface area contributed by atoms with Gasteiger partial charge in [-0.2, -0.15) is 0 Å². The third kappa shape index (κ3) is 3.40. The molecule has 0 heterocycles. The van der Waals surface area contributed by atoms with Crippen molar-refractivity contribution in [3.05, 3.63) is 65.7 Å². The summed E-state index contributed by atoms with van der Waals surface area (Å²) < 4.78 is 28.5. The number of anilines is 1. The molecule has 0 aliphatic heterocycles. The number of amides is 1. The van der Waals surface area contributed by atoms with Gasteiger partial charge in [-0.05, 0) is 36.1 Å². The van der Waals surface area contributed by atoms with Crippen LogP contribution in [-0.2, 0) is 10.0 Å². The summed E-state index contributed by atoms with van der Waals surface area (Å²) in [4.78, 5) is 12.7. The highest BCUT2D eigenvalue weighted by atomic mass is 32.2. The molecule has 1 amide bonds. The van der Waals surface area contributed by atoms with Gasteiger partial charge < -0.3 is 10.1 Å². The normalized spacial score (nSPS) is 11.3. The molecule has 3 aromatic rings. The fourth-order valence-electron chi connectivity index (χ4n) is 2.74. The number of rotatable bonds is 4. The molecule has 0 aromatic heterocycles. The van der Waals surface area contributed by atoms with Gasteiger partial charge in [0, 0.05) is 11.1 Å². The molecular weight excluding hydrogens is 352 g/mol. The molecule has 0 atom stereocenters. The summed E-state index contributed by atoms with van der Waals surface area (Å²) in [6.07, 6.45) is 0. The summed E-state index contributed by atoms with van der Waals surface area (Å²) in [7, 11) is -2.35. The first kappa shape index (κ1) is 17.9. The zero-order valence-corrected chi connectivity index (χ0v) is 15.1. The van der Waals surface area contributed by atoms with Gasteiger partial charge in [-0.3, -0.25) is 4.79 Å². The van der Waals surface area contributed by atoms with E-state index < -0.39 is 15.9 Å². The standard InChI is InChI=1S/C19H18N2O4S/c1-12-7-9-14(26(20,23)24)11-17(12)21-19(22)16-10-8-13-5-3-4-6-15(13)18(16)25-2/h3-11H,1-2H3,(H,21,22)(H2,20,23,24). The second-order valence-electron chi connectivity index (χ2n) is 5.84. The average Bonchev–Trinajstić information content (AvgIpc) is 2.61. The molecule has 0 saturated carbocycles. The second-order valence-corrected chi connectivity index (χ2v) is 7.40. The van der Waals surface area contributed by atoms with E-state index in [2.05, 4.69) is 5.32 Å². The van der Waals surface area contributed by atoms with Crippen molar-refractivity contribution in [3.63, 3.8) is 0 Å². The lowest BCUT2D eigenvalue weighted by Gasteiger charge is -2.14. The molecule has 0 bridgehead atoms. The number of carbonyl (C=O) groups excluding carboxylic acids is 1. The van der Waals surface area contributed by atoms with Crippen LogP contribution in [0.4, 0.5) is 5.69 Å². The third-order valence-electron chi connectivity index (χ3n) is 4.11. The molecule has 0 spiro atoms. The van der Waals surface area contributed by atoms with Crippen LogP contribution in [0.2, 0.25) is 0 Å². The van der Waals surface area contributed by atoms with Crippen LogP contribution < -0.4 is 15.2 Å². The Hall–Kier alpha value is -2.90. The van der Waals surface area contributed by atoms with Crippen LogP contribution in [0.3, 0.4) is 0 Å². The number of fused-ring (bicyclic) bond motifs is 1. The molecule has 3 rings (SSSR count). The van der Waals surface area contributed by atoms with Crippen molar-refractivity contribution in [2.24, 2.45) is 5.14 Å². The number of aryl methyl sites for hydroxylation is 1. The molecule has 7 heteroatoms. The van der Waals surface area contributed by atoms with Crippen molar-refractivity contribution in [1.82, 2.24) is 0 Å². The van der Waals surface area contributed by atoms with Gasteiger partial charge in [-0.15, -0.1) is 0 Å². The largest absolute Gasteiger partial charge is 0.495 e. The van der Waals surface area contributed by atoms with Gasteiger partial charge in [0.1, 0.15) is 5.75 Å². The zero-order chi connectivity index (χ0) is 18.9. The predicted octanol–water partition coefficient (Wildman–Crippen LogP) is 3.06. The lowest BCUT2D eigenvalue weighted by Crippen LogP contribution is -2.16. The van der Waals surface area contributed by atoms with Crippen molar-refractivity contribution in [2.45, 2.75) is 11.8 Å². The molecule has 0 saturated heterocycles. The number of carbonyl (C=O) groups is 1. The van der Waals surface area contributed by atoms with Crippen LogP contribution >= 0.6 is 0 Å². The van der Waals surface area contributed by atoms with Gasteiger partial charge in [0.25, 0.3) is 5.91 Å². The van der Waals surface area contributed by atoms with Crippen LogP contribution in [0.15, 0.2) is 59.5 Å². The number of nitrogens with one attached hydrogen (secondary N) is 1. The third-order valence-corrected chi connectivity index (χ3v) is 5.03. The first-order valence-electron chi connectivity index (χ1n) is 7.82. The van der Waals surface area contributed by atoms with Crippen molar-refractivity contribution in [1.29, 1.82) is 0 Å². The first-order valence-corrected chi connectivity index (χ1v) is 9.36. The van der Waals surface area contributed by atoms with Gasteiger partial charge in [0.2, 0.25) is 10.0 Å². The molecular formula is C19H18N2O4S. The molecule has 3 N–H and O–H groups in total. The van der Waals surface area contributed by atoms with E-state index >= 15 is 0 Å². The predicted molar refractivity (Wildman–Crippen MR) is 101 cm³/mol. The minimum absolute atomic E-state index is 0.0659. The highest BCUT2D eigenvalue weighted by Crippen LogP contribution is 2.30. The Bertz CT molecular complexity index is 1110. The molecule has 0 aliphatic carbocycles. The molecule has 0 fully saturated rings. The highest BCUT2D eigenvalue weighted by molar-refractivity contribution is 7.89. The van der Waals surface area contributed by atoms with E-state index in [0.717, 1.165) is 10.8 Å². The number of benzene rings is 3. The monoisotopic (exact) mass is 370 g/mol. The Morgan fingerprint density at radius 1 is 1.08 bits per heavy atom. The Labute approximate surface area is 151 Å². The fourth-order valence-corrected chi connectivity index (χ4v) is 3.28. The molecule has 0 radical (unpaired) electrons. The molecule has 6 nitrogen and oxygen atoms in total. The van der Waals surface area contributed by atoms with Crippen LogP contribution in [0.25, 0.3) is 10.8 Å². The summed E-state index contributed by atoms with van der Waals surface area (Å²) in [6.45, 7) is 1.76. The molecule has 26 heavy (non-hydrogen) atoms. The maximum Gasteiger partial charge on any atom is 0.259 e. The van der Waals surface area contributed by atoms with Crippen LogP contribution in [-0.4, -0.2) is 21.4 Å². The summed E-state index contributed by atoms with van der Waals surface area (Å²) in [5.74, 6) is 0.0585. The van der Waals surface area contributed by atoms with Crippen molar-refractivity contribution >= 4 is 32.4 Å². The number of nitrogens with two attached hydrogens (primary N) is 1. The minimum atomic E-state index is -3.86. The number of hydrogen-bond donors (Lipinski definition) is 2. The maximum absolute atomic E-state index is 12.8. The van der Waals surface area contributed by atoms with Gasteiger partial charge >= 0.3 is 0 Å². The first-order chi connectivity index (χ1) is 12.3. The Balaban J connectivity index is 2.03. The van der Waals surface area contributed by atoms with Crippen LogP contribution in [0.1, 0.15) is 15.9 Å². The van der Waals surface area contributed by atoms with Gasteiger partial charge in [0.05, 0.1) is 17.6 Å². The van der Waals surface area contributed by atoms with E-state index in [0.29, 0.717) is 22.6 Å². The van der Waals surface area contributed by atoms with E-state index in [1.54, 1.807) is 19.1 Å². The van der Waals surface area contributed by atoms with Crippen molar-refractivity contribution in [2.75, 3.05) is 12.4 Å². The lowest BCUT2D eigenvalue weighted by atomic mass is 10.0. The summed E-state index contributed by atoms with van der Waals surface area (Å²) >= 11 is 0. The number of sulfonamides is 1. The number of ether oxygens (including phenoxy) is 1. The van der Waals surface area contributed by atoms with E-state index in [1.807, 2.05) is 30.3 Å². The van der Waals surface area contributed by atoms with E-state index in [9.17, 15) is 13.2 Å². The van der Waals surface area contributed by atoms with E-state index in [4.69, 9.17) is 9.88 Å². The topological polar surface area (TPSA) is 98.5 Å². The van der Waals surface area contributed by atoms with Gasteiger partial charge in [-0.25, -0.2) is 13.6 Å². The van der Waals surface area contributed by atoms with Gasteiger partial charge in [0.15, 0.2) is 0 Å². The average molecular weight is 370 g/mol. The zero-order valence-electron chi connectivity index (χ0n) is 14.3. The number of methoxy groups -OCH3 is 1. The summed E-state index contributed by atoms with van der Waals surface area (Å²) in [5, 5.41) is 9.67. The summed E-state index contributed by atoms with van der Waals surface area (Å²) in [6, 6.07) is 15.4. The van der Waals surface area contributed by atoms with Crippen molar-refractivity contribution < 1.29 is 17.9 Å². The summed E-state index contributed by atoms with van der Waals surface area (Å²) in [5.41, 5.74) is 1.44. The fraction of sp³-hybridized carbons (Fsp3) is 0.105. The molecule has 0 unspecified atom stereocenters. The van der Waals surface area contributed by atoms with E-state index in [1.165, 1.54) is 19.2 Å². The lowest BCUT2D eigenvalue weighted by molar-refractivity contribution is 0.102. The van der Waals surface area contributed by atoms with Crippen LogP contribution in [0.5, 0.6) is 5.75 Å². The van der Waals surface area contributed by atoms with Gasteiger partial charge in [-0.1, -0.05) is 36.4 Å². The van der Waals surface area contributed by atoms with E-state index in [-0.39, 0.29) is 4.90 Å². The highest BCUT2D eigenvalue weighted by Gasteiger charge is 2.17. The quantitative estimate of drug-likeness (QED) is 0.737. The minimum Gasteiger partial charge on any atom is -0.495 e. The second kappa shape index (κ2) is 6.78. The Morgan fingerprint density at radius 3 is 2.50 bits per heavy atom. The SMILES string of the molecule is COc1c(C(=O)Nc2cc(S(N)(=O)=O)ccc2C)ccc2ccccc12. The maximum atomic E-state index is 12.8. The Morgan fingerprint density at radius 2 is 1.81 bits per heavy atom. The smallest absolute Gasteiger partial charge is 0.259 e. The number of primary sulfonamides is 1. The molecule has 0 aliphatic rings. The molecule has 3 aromatic carbocycles. The van der Waals surface area contributed by atoms with Crippen LogP contribution in [0, 0.1) is 6.92 Å². The number of hydrogen-bond acceptors (Lipinski definition) is 4. The van der Waals surface area contributed by atoms with Crippen molar-refractivity contribution in [3.8, 4) is 5.75 Å². The Kier molecular flexibility index (Phi) is 4.67. The molecule has 134 valence electrons.